The average molecular weight is 435 g/mol. The van der Waals surface area contributed by atoms with Crippen LogP contribution in [0, 0.1) is 0 Å². The van der Waals surface area contributed by atoms with E-state index in [0.717, 1.165) is 6.04 Å². The van der Waals surface area contributed by atoms with Gasteiger partial charge in [-0.25, -0.2) is 0 Å². The molecule has 1 fully saturated rings. The Morgan fingerprint density at radius 1 is 0.759 bits per heavy atom. The summed E-state index contributed by atoms with van der Waals surface area (Å²) >= 11 is 0. The Morgan fingerprint density at radius 3 is 1.86 bits per heavy atom. The number of rotatable bonds is 16. The first-order chi connectivity index (χ1) is 13.8. The van der Waals surface area contributed by atoms with Gasteiger partial charge in [-0.3, -0.25) is 0 Å². The van der Waals surface area contributed by atoms with Gasteiger partial charge in [0.05, 0.1) is 6.61 Å². The van der Waals surface area contributed by atoms with Crippen molar-refractivity contribution < 1.29 is 29.9 Å². The van der Waals surface area contributed by atoms with Gasteiger partial charge in [0.2, 0.25) is 0 Å². The van der Waals surface area contributed by atoms with Crippen LogP contribution in [-0.4, -0.2) is 72.4 Å². The number of hydrogen-bond acceptors (Lipinski definition) is 6. The van der Waals surface area contributed by atoms with Crippen LogP contribution in [0.3, 0.4) is 0 Å². The summed E-state index contributed by atoms with van der Waals surface area (Å²) in [5.41, 5.74) is 0. The molecule has 0 aromatic heterocycles. The lowest BCUT2D eigenvalue weighted by Crippen LogP contribution is -2.59. The summed E-state index contributed by atoms with van der Waals surface area (Å²) in [6.07, 6.45) is 7.56. The summed E-state index contributed by atoms with van der Waals surface area (Å²) in [4.78, 5) is 0. The third kappa shape index (κ3) is 10.7. The minimum absolute atomic E-state index is 0.427. The second-order valence-corrected chi connectivity index (χ2v) is 14.7. The lowest BCUT2D eigenvalue weighted by molar-refractivity contribution is -0.300. The third-order valence-electron chi connectivity index (χ3n) is 6.12. The number of unbranched alkanes of at least 4 members (excludes halogenated alkanes) is 9. The first-order valence-electron chi connectivity index (χ1n) is 11.7. The van der Waals surface area contributed by atoms with Crippen molar-refractivity contribution in [2.75, 3.05) is 13.2 Å². The van der Waals surface area contributed by atoms with E-state index in [0.29, 0.717) is 6.61 Å². The lowest BCUT2D eigenvalue weighted by atomic mass is 9.99. The predicted octanol–water partition coefficient (Wildman–Crippen LogP) is 3.43. The van der Waals surface area contributed by atoms with E-state index in [2.05, 4.69) is 20.0 Å². The molecule has 0 radical (unpaired) electrons. The van der Waals surface area contributed by atoms with Crippen molar-refractivity contribution in [1.29, 1.82) is 0 Å². The van der Waals surface area contributed by atoms with Gasteiger partial charge in [-0.05, 0) is 6.04 Å². The fraction of sp³-hybridized carbons (Fsp3) is 1.00. The SMILES string of the molecule is CCCCCCCCCCCC[Si](C)(C)CCO[C@H]1O[C@H](CO)[C@H](O)[C@H](O)[C@H]1O. The van der Waals surface area contributed by atoms with E-state index in [1.807, 2.05) is 0 Å². The first-order valence-corrected chi connectivity index (χ1v) is 15.2. The quantitative estimate of drug-likeness (QED) is 0.219. The highest BCUT2D eigenvalue weighted by Gasteiger charge is 2.44. The molecule has 0 aromatic rings. The van der Waals surface area contributed by atoms with Crippen LogP contribution in [0.1, 0.15) is 71.1 Å². The zero-order valence-electron chi connectivity index (χ0n) is 18.9. The van der Waals surface area contributed by atoms with Crippen LogP contribution in [-0.2, 0) is 9.47 Å². The second kappa shape index (κ2) is 14.9. The van der Waals surface area contributed by atoms with Gasteiger partial charge < -0.3 is 29.9 Å². The predicted molar refractivity (Wildman–Crippen MR) is 119 cm³/mol. The standard InChI is InChI=1S/C22H46O6Si/c1-4-5-6-7-8-9-10-11-12-13-15-29(2,3)16-14-27-22-21(26)20(25)19(24)18(17-23)28-22/h18-26H,4-17H2,1-3H3/t18-,19+,20+,21-,22+/m1/s1. The summed E-state index contributed by atoms with van der Waals surface area (Å²) in [6, 6.07) is 2.22. The molecule has 5 atom stereocenters. The molecule has 0 aliphatic carbocycles. The van der Waals surface area contributed by atoms with Gasteiger partial charge in [-0.2, -0.15) is 0 Å². The highest BCUT2D eigenvalue weighted by atomic mass is 28.3. The van der Waals surface area contributed by atoms with Crippen molar-refractivity contribution in [1.82, 2.24) is 0 Å². The van der Waals surface area contributed by atoms with Gasteiger partial charge >= 0.3 is 0 Å². The van der Waals surface area contributed by atoms with Crippen molar-refractivity contribution in [3.63, 3.8) is 0 Å². The maximum Gasteiger partial charge on any atom is 0.186 e. The average Bonchev–Trinajstić information content (AvgIpc) is 2.69. The van der Waals surface area contributed by atoms with Crippen molar-refractivity contribution in [3.8, 4) is 0 Å². The van der Waals surface area contributed by atoms with Gasteiger partial charge in [0.15, 0.2) is 6.29 Å². The van der Waals surface area contributed by atoms with E-state index in [4.69, 9.17) is 9.47 Å². The van der Waals surface area contributed by atoms with Crippen LogP contribution in [0.5, 0.6) is 0 Å². The van der Waals surface area contributed by atoms with Crippen LogP contribution in [0.2, 0.25) is 25.2 Å². The molecular formula is C22H46O6Si. The monoisotopic (exact) mass is 434 g/mol. The molecule has 6 nitrogen and oxygen atoms in total. The smallest absolute Gasteiger partial charge is 0.186 e. The molecule has 4 N–H and O–H groups in total. The normalized spacial score (nSPS) is 28.0. The van der Waals surface area contributed by atoms with Crippen molar-refractivity contribution in [3.05, 3.63) is 0 Å². The van der Waals surface area contributed by atoms with Crippen molar-refractivity contribution in [2.45, 2.75) is 127 Å². The topological polar surface area (TPSA) is 99.4 Å². The highest BCUT2D eigenvalue weighted by molar-refractivity contribution is 6.77. The Labute approximate surface area is 178 Å². The van der Waals surface area contributed by atoms with Crippen molar-refractivity contribution in [2.24, 2.45) is 0 Å². The summed E-state index contributed by atoms with van der Waals surface area (Å²) < 4.78 is 11.1. The Morgan fingerprint density at radius 2 is 1.31 bits per heavy atom. The van der Waals surface area contributed by atoms with Crippen LogP contribution in [0.15, 0.2) is 0 Å². The molecule has 1 rings (SSSR count). The minimum atomic E-state index is -1.38. The summed E-state index contributed by atoms with van der Waals surface area (Å²) in [5.74, 6) is 0. The lowest BCUT2D eigenvalue weighted by Gasteiger charge is -2.39. The van der Waals surface area contributed by atoms with Gasteiger partial charge in [0, 0.05) is 14.7 Å². The minimum Gasteiger partial charge on any atom is -0.394 e. The Balaban J connectivity index is 2.12. The molecule has 0 unspecified atom stereocenters. The summed E-state index contributed by atoms with van der Waals surface area (Å²) in [7, 11) is -1.38. The Bertz CT molecular complexity index is 407. The fourth-order valence-corrected chi connectivity index (χ4v) is 6.00. The summed E-state index contributed by atoms with van der Waals surface area (Å²) in [5, 5.41) is 38.9. The number of hydrogen-bond donors (Lipinski definition) is 4. The molecule has 0 bridgehead atoms. The van der Waals surface area contributed by atoms with Crippen LogP contribution in [0.4, 0.5) is 0 Å². The molecule has 0 spiro atoms. The van der Waals surface area contributed by atoms with E-state index >= 15 is 0 Å². The van der Waals surface area contributed by atoms with Gasteiger partial charge in [-0.1, -0.05) is 90.3 Å². The van der Waals surface area contributed by atoms with E-state index in [1.165, 1.54) is 70.3 Å². The largest absolute Gasteiger partial charge is 0.394 e. The van der Waals surface area contributed by atoms with Gasteiger partial charge in [0.25, 0.3) is 0 Å². The Kier molecular flexibility index (Phi) is 13.9. The molecule has 0 saturated carbocycles. The van der Waals surface area contributed by atoms with Crippen LogP contribution in [0.25, 0.3) is 0 Å². The molecule has 0 amide bonds. The fourth-order valence-electron chi connectivity index (χ4n) is 3.87. The maximum atomic E-state index is 10.0. The number of aliphatic hydroxyl groups is 4. The van der Waals surface area contributed by atoms with Crippen LogP contribution >= 0.6 is 0 Å². The van der Waals surface area contributed by atoms with E-state index in [-0.39, 0.29) is 0 Å². The van der Waals surface area contributed by atoms with Crippen LogP contribution < -0.4 is 0 Å². The highest BCUT2D eigenvalue weighted by Crippen LogP contribution is 2.24. The zero-order chi connectivity index (χ0) is 21.7. The first kappa shape index (κ1) is 27.0. The molecule has 29 heavy (non-hydrogen) atoms. The second-order valence-electron chi connectivity index (χ2n) is 9.41. The molecule has 7 heteroatoms. The van der Waals surface area contributed by atoms with E-state index in [9.17, 15) is 20.4 Å². The van der Waals surface area contributed by atoms with Crippen molar-refractivity contribution >= 4 is 8.07 Å². The zero-order valence-corrected chi connectivity index (χ0v) is 19.9. The molecule has 1 saturated heterocycles. The molecular weight excluding hydrogens is 388 g/mol. The maximum absolute atomic E-state index is 10.0. The number of aliphatic hydroxyl groups excluding tert-OH is 4. The Hall–Kier alpha value is -0.0231. The molecule has 1 aliphatic rings. The molecule has 1 aliphatic heterocycles. The molecule has 1 heterocycles. The van der Waals surface area contributed by atoms with E-state index < -0.39 is 45.4 Å². The molecule has 0 aromatic carbocycles. The number of ether oxygens (including phenoxy) is 2. The summed E-state index contributed by atoms with van der Waals surface area (Å²) in [6.45, 7) is 7.00. The van der Waals surface area contributed by atoms with Gasteiger partial charge in [0.1, 0.15) is 24.4 Å². The van der Waals surface area contributed by atoms with Gasteiger partial charge in [-0.15, -0.1) is 0 Å². The third-order valence-corrected chi connectivity index (χ3v) is 9.38. The van der Waals surface area contributed by atoms with E-state index in [1.54, 1.807) is 0 Å². The molecule has 174 valence electrons.